The lowest BCUT2D eigenvalue weighted by Gasteiger charge is -2.09. The van der Waals surface area contributed by atoms with Crippen LogP contribution in [0.4, 0.5) is 0 Å². The molecule has 1 amide bonds. The van der Waals surface area contributed by atoms with E-state index in [2.05, 4.69) is 5.32 Å². The summed E-state index contributed by atoms with van der Waals surface area (Å²) in [6, 6.07) is 8.11. The molecule has 0 spiro atoms. The zero-order chi connectivity index (χ0) is 14.3. The Morgan fingerprint density at radius 3 is 2.53 bits per heavy atom. The lowest BCUT2D eigenvalue weighted by molar-refractivity contribution is -0.146. The molecule has 1 aromatic rings. The molecule has 0 saturated carbocycles. The molecule has 1 unspecified atom stereocenters. The lowest BCUT2D eigenvalue weighted by atomic mass is 10.2. The van der Waals surface area contributed by atoms with Gasteiger partial charge in [-0.05, 0) is 24.3 Å². The van der Waals surface area contributed by atoms with Crippen LogP contribution in [0.2, 0.25) is 0 Å². The maximum atomic E-state index is 11.3. The summed E-state index contributed by atoms with van der Waals surface area (Å²) in [7, 11) is 0. The van der Waals surface area contributed by atoms with Gasteiger partial charge in [-0.25, -0.2) is 4.79 Å². The lowest BCUT2D eigenvalue weighted by Crippen LogP contribution is -2.38. The van der Waals surface area contributed by atoms with Gasteiger partial charge in [-0.2, -0.15) is 5.26 Å². The summed E-state index contributed by atoms with van der Waals surface area (Å²) in [5.74, 6) is -1.55. The van der Waals surface area contributed by atoms with Gasteiger partial charge in [-0.1, -0.05) is 0 Å². The molecule has 1 aromatic carbocycles. The van der Waals surface area contributed by atoms with Crippen LogP contribution in [0, 0.1) is 11.3 Å². The van der Waals surface area contributed by atoms with Gasteiger partial charge in [0, 0.05) is 0 Å². The van der Waals surface area contributed by atoms with Crippen LogP contribution in [-0.4, -0.2) is 41.3 Å². The first kappa shape index (κ1) is 14.5. The number of amides is 1. The number of carboxylic acid groups (broad SMARTS) is 1. The molecule has 0 heterocycles. The van der Waals surface area contributed by atoms with E-state index in [9.17, 15) is 9.59 Å². The van der Waals surface area contributed by atoms with Crippen LogP contribution >= 0.6 is 0 Å². The van der Waals surface area contributed by atoms with Gasteiger partial charge in [-0.3, -0.25) is 4.79 Å². The number of aliphatic hydroxyl groups is 1. The molecule has 0 bridgehead atoms. The van der Waals surface area contributed by atoms with Gasteiger partial charge in [0.25, 0.3) is 5.91 Å². The molecule has 7 heteroatoms. The smallest absolute Gasteiger partial charge is 0.334 e. The van der Waals surface area contributed by atoms with Crippen molar-refractivity contribution in [2.75, 3.05) is 13.2 Å². The van der Waals surface area contributed by atoms with Gasteiger partial charge in [0.1, 0.15) is 5.75 Å². The van der Waals surface area contributed by atoms with Crippen molar-refractivity contribution in [3.63, 3.8) is 0 Å². The number of aliphatic carboxylic acids is 1. The third-order valence-corrected chi connectivity index (χ3v) is 2.13. The standard InChI is InChI=1S/C12H12N2O5/c13-5-8-1-3-9(4-2-8)19-7-11(16)14-6-10(15)12(17)18/h1-4,10,15H,6-7H2,(H,14,16)(H,17,18). The number of nitrogens with one attached hydrogen (secondary N) is 1. The number of benzene rings is 1. The van der Waals surface area contributed by atoms with Crippen LogP contribution in [0.1, 0.15) is 5.56 Å². The van der Waals surface area contributed by atoms with Crippen LogP contribution in [-0.2, 0) is 9.59 Å². The van der Waals surface area contributed by atoms with Crippen LogP contribution in [0.15, 0.2) is 24.3 Å². The number of nitriles is 1. The summed E-state index contributed by atoms with van der Waals surface area (Å²) in [5.41, 5.74) is 0.474. The monoisotopic (exact) mass is 264 g/mol. The molecule has 0 aromatic heterocycles. The Hall–Kier alpha value is -2.59. The highest BCUT2D eigenvalue weighted by Crippen LogP contribution is 2.11. The number of hydrogen-bond donors (Lipinski definition) is 3. The zero-order valence-corrected chi connectivity index (χ0v) is 9.87. The van der Waals surface area contributed by atoms with Crippen molar-refractivity contribution >= 4 is 11.9 Å². The summed E-state index contributed by atoms with van der Waals surface area (Å²) < 4.78 is 5.11. The van der Waals surface area contributed by atoms with Crippen LogP contribution < -0.4 is 10.1 Å². The minimum atomic E-state index is -1.64. The van der Waals surface area contributed by atoms with Gasteiger partial charge in [0.15, 0.2) is 12.7 Å². The topological polar surface area (TPSA) is 120 Å². The van der Waals surface area contributed by atoms with Gasteiger partial charge < -0.3 is 20.3 Å². The molecule has 0 aliphatic heterocycles. The Balaban J connectivity index is 2.33. The first-order valence-corrected chi connectivity index (χ1v) is 5.33. The Bertz CT molecular complexity index is 492. The van der Waals surface area contributed by atoms with Crippen molar-refractivity contribution in [3.05, 3.63) is 29.8 Å². The molecular formula is C12H12N2O5. The second-order valence-corrected chi connectivity index (χ2v) is 3.58. The van der Waals surface area contributed by atoms with Gasteiger partial charge in [0.05, 0.1) is 18.2 Å². The fourth-order valence-corrected chi connectivity index (χ4v) is 1.12. The minimum absolute atomic E-state index is 0.307. The van der Waals surface area contributed by atoms with E-state index < -0.39 is 18.0 Å². The molecule has 0 aliphatic carbocycles. The van der Waals surface area contributed by atoms with Gasteiger partial charge >= 0.3 is 5.97 Å². The van der Waals surface area contributed by atoms with Crippen LogP contribution in [0.25, 0.3) is 0 Å². The summed E-state index contributed by atoms with van der Waals surface area (Å²) >= 11 is 0. The first-order valence-electron chi connectivity index (χ1n) is 5.33. The summed E-state index contributed by atoms with van der Waals surface area (Å²) in [6.45, 7) is -0.691. The number of carboxylic acids is 1. The highest BCUT2D eigenvalue weighted by atomic mass is 16.5. The van der Waals surface area contributed by atoms with E-state index in [0.717, 1.165) is 0 Å². The quantitative estimate of drug-likeness (QED) is 0.637. The van der Waals surface area contributed by atoms with Crippen molar-refractivity contribution in [1.29, 1.82) is 5.26 Å². The van der Waals surface area contributed by atoms with Crippen molar-refractivity contribution < 1.29 is 24.5 Å². The molecule has 0 aliphatic rings. The third kappa shape index (κ3) is 5.06. The summed E-state index contributed by atoms with van der Waals surface area (Å²) in [4.78, 5) is 21.6. The van der Waals surface area contributed by atoms with E-state index in [1.54, 1.807) is 12.1 Å². The fourth-order valence-electron chi connectivity index (χ4n) is 1.12. The molecule has 7 nitrogen and oxygen atoms in total. The first-order chi connectivity index (χ1) is 9.02. The van der Waals surface area contributed by atoms with Gasteiger partial charge in [-0.15, -0.1) is 0 Å². The maximum Gasteiger partial charge on any atom is 0.334 e. The molecule has 1 atom stereocenters. The highest BCUT2D eigenvalue weighted by Gasteiger charge is 2.14. The van der Waals surface area contributed by atoms with Crippen molar-refractivity contribution in [2.24, 2.45) is 0 Å². The Labute approximate surface area is 109 Å². The molecule has 19 heavy (non-hydrogen) atoms. The fraction of sp³-hybridized carbons (Fsp3) is 0.250. The highest BCUT2D eigenvalue weighted by molar-refractivity contribution is 5.79. The molecule has 1 rings (SSSR count). The average molecular weight is 264 g/mol. The number of ether oxygens (including phenoxy) is 1. The van der Waals surface area contributed by atoms with E-state index >= 15 is 0 Å². The maximum absolute atomic E-state index is 11.3. The number of nitrogens with zero attached hydrogens (tertiary/aromatic N) is 1. The minimum Gasteiger partial charge on any atom is -0.484 e. The SMILES string of the molecule is N#Cc1ccc(OCC(=O)NCC(O)C(=O)O)cc1. The van der Waals surface area contributed by atoms with Crippen LogP contribution in [0.5, 0.6) is 5.75 Å². The summed E-state index contributed by atoms with van der Waals surface area (Å²) in [5, 5.41) is 28.1. The second kappa shape index (κ2) is 6.98. The van der Waals surface area contributed by atoms with Crippen molar-refractivity contribution in [2.45, 2.75) is 6.10 Å². The molecule has 0 radical (unpaired) electrons. The second-order valence-electron chi connectivity index (χ2n) is 3.58. The van der Waals surface area contributed by atoms with E-state index in [1.807, 2.05) is 6.07 Å². The molecule has 3 N–H and O–H groups in total. The average Bonchev–Trinajstić information content (AvgIpc) is 2.42. The van der Waals surface area contributed by atoms with E-state index in [-0.39, 0.29) is 13.2 Å². The number of aliphatic hydroxyl groups excluding tert-OH is 1. The molecule has 0 saturated heterocycles. The Morgan fingerprint density at radius 1 is 1.37 bits per heavy atom. The van der Waals surface area contributed by atoms with Crippen molar-refractivity contribution in [1.82, 2.24) is 5.32 Å². The van der Waals surface area contributed by atoms with Crippen LogP contribution in [0.3, 0.4) is 0 Å². The van der Waals surface area contributed by atoms with Gasteiger partial charge in [0.2, 0.25) is 0 Å². The third-order valence-electron chi connectivity index (χ3n) is 2.13. The molecule has 0 fully saturated rings. The van der Waals surface area contributed by atoms with E-state index in [0.29, 0.717) is 11.3 Å². The predicted molar refractivity (Wildman–Crippen MR) is 63.3 cm³/mol. The Kier molecular flexibility index (Phi) is 5.32. The zero-order valence-electron chi connectivity index (χ0n) is 9.87. The predicted octanol–water partition coefficient (Wildman–Crippen LogP) is -0.501. The normalized spacial score (nSPS) is 11.2. The number of rotatable bonds is 6. The summed E-state index contributed by atoms with van der Waals surface area (Å²) in [6.07, 6.45) is -1.64. The number of carbonyl (C=O) groups is 2. The van der Waals surface area contributed by atoms with E-state index in [4.69, 9.17) is 20.2 Å². The number of hydrogen-bond acceptors (Lipinski definition) is 5. The number of carbonyl (C=O) groups excluding carboxylic acids is 1. The molecule has 100 valence electrons. The van der Waals surface area contributed by atoms with Crippen molar-refractivity contribution in [3.8, 4) is 11.8 Å². The molecular weight excluding hydrogens is 252 g/mol. The Morgan fingerprint density at radius 2 is 2.00 bits per heavy atom. The van der Waals surface area contributed by atoms with E-state index in [1.165, 1.54) is 12.1 Å². The largest absolute Gasteiger partial charge is 0.484 e.